The maximum absolute atomic E-state index is 5.76. The molecule has 1 aromatic carbocycles. The van der Waals surface area contributed by atoms with E-state index in [9.17, 15) is 0 Å². The summed E-state index contributed by atoms with van der Waals surface area (Å²) >= 11 is 0. The molecule has 1 atom stereocenters. The minimum atomic E-state index is -0.343. The lowest BCUT2D eigenvalue weighted by atomic mass is 10.1. The van der Waals surface area contributed by atoms with Crippen LogP contribution >= 0.6 is 0 Å². The van der Waals surface area contributed by atoms with Gasteiger partial charge in [-0.2, -0.15) is 0 Å². The second-order valence-corrected chi connectivity index (χ2v) is 2.94. The molecular formula is C9H14N5+. The van der Waals surface area contributed by atoms with Crippen LogP contribution in [0.5, 0.6) is 0 Å². The minimum Gasteiger partial charge on any atom is -0.317 e. The SMILES string of the molecule is NN=NC(=[NH2+])[C@@H](N)Cc1ccccc1. The van der Waals surface area contributed by atoms with Crippen molar-refractivity contribution in [3.05, 3.63) is 35.9 Å². The van der Waals surface area contributed by atoms with Crippen LogP contribution in [-0.4, -0.2) is 11.9 Å². The van der Waals surface area contributed by atoms with E-state index in [-0.39, 0.29) is 11.9 Å². The fourth-order valence-electron chi connectivity index (χ4n) is 1.11. The molecule has 74 valence electrons. The van der Waals surface area contributed by atoms with Crippen LogP contribution in [0.2, 0.25) is 0 Å². The van der Waals surface area contributed by atoms with Gasteiger partial charge in [0.1, 0.15) is 6.04 Å². The van der Waals surface area contributed by atoms with Crippen molar-refractivity contribution in [1.82, 2.24) is 0 Å². The lowest BCUT2D eigenvalue weighted by Gasteiger charge is -2.03. The topological polar surface area (TPSA) is 102 Å². The third-order valence-electron chi connectivity index (χ3n) is 1.85. The van der Waals surface area contributed by atoms with E-state index in [1.165, 1.54) is 0 Å². The van der Waals surface area contributed by atoms with Gasteiger partial charge in [-0.1, -0.05) is 30.3 Å². The Bertz CT molecular complexity index is 319. The molecule has 0 amide bonds. The Balaban J connectivity index is 2.57. The van der Waals surface area contributed by atoms with E-state index in [0.717, 1.165) is 5.56 Å². The predicted molar refractivity (Wildman–Crippen MR) is 54.1 cm³/mol. The van der Waals surface area contributed by atoms with Crippen molar-refractivity contribution in [3.8, 4) is 0 Å². The van der Waals surface area contributed by atoms with Crippen LogP contribution in [0, 0.1) is 0 Å². The maximum atomic E-state index is 5.76. The average molecular weight is 192 g/mol. The number of rotatable bonds is 3. The van der Waals surface area contributed by atoms with E-state index in [2.05, 4.69) is 10.3 Å². The molecule has 0 unspecified atom stereocenters. The van der Waals surface area contributed by atoms with Crippen LogP contribution in [0.1, 0.15) is 5.56 Å². The number of hydrogen-bond donors (Lipinski definition) is 3. The Morgan fingerprint density at radius 2 is 2.00 bits per heavy atom. The zero-order valence-electron chi connectivity index (χ0n) is 7.80. The van der Waals surface area contributed by atoms with Gasteiger partial charge in [0.2, 0.25) is 0 Å². The number of benzene rings is 1. The fourth-order valence-corrected chi connectivity index (χ4v) is 1.11. The van der Waals surface area contributed by atoms with Crippen molar-refractivity contribution >= 4 is 5.84 Å². The molecule has 5 heteroatoms. The van der Waals surface area contributed by atoms with Crippen LogP contribution in [0.3, 0.4) is 0 Å². The molecule has 0 aliphatic carbocycles. The Morgan fingerprint density at radius 1 is 1.36 bits per heavy atom. The van der Waals surface area contributed by atoms with Gasteiger partial charge in [-0.15, -0.1) is 0 Å². The number of amidine groups is 1. The van der Waals surface area contributed by atoms with Gasteiger partial charge in [0.15, 0.2) is 0 Å². The highest BCUT2D eigenvalue weighted by molar-refractivity contribution is 5.82. The quantitative estimate of drug-likeness (QED) is 0.189. The normalized spacial score (nSPS) is 12.9. The number of nitrogens with zero attached hydrogens (tertiary/aromatic N) is 2. The van der Waals surface area contributed by atoms with E-state index in [0.29, 0.717) is 6.42 Å². The first kappa shape index (κ1) is 10.3. The Hall–Kier alpha value is -1.75. The van der Waals surface area contributed by atoms with Crippen molar-refractivity contribution in [3.63, 3.8) is 0 Å². The molecule has 0 bridgehead atoms. The monoisotopic (exact) mass is 192 g/mol. The molecule has 5 nitrogen and oxygen atoms in total. The summed E-state index contributed by atoms with van der Waals surface area (Å²) in [5.74, 6) is 5.11. The molecule has 0 saturated carbocycles. The molecule has 0 aliphatic rings. The maximum Gasteiger partial charge on any atom is 0.336 e. The predicted octanol–water partition coefficient (Wildman–Crippen LogP) is -0.960. The van der Waals surface area contributed by atoms with Crippen molar-refractivity contribution in [2.24, 2.45) is 21.9 Å². The Kier molecular flexibility index (Phi) is 3.75. The van der Waals surface area contributed by atoms with Crippen LogP contribution in [0.15, 0.2) is 40.7 Å². The summed E-state index contributed by atoms with van der Waals surface area (Å²) in [6.45, 7) is 0. The second kappa shape index (κ2) is 5.08. The summed E-state index contributed by atoms with van der Waals surface area (Å²) in [7, 11) is 0. The summed E-state index contributed by atoms with van der Waals surface area (Å²) in [6.07, 6.45) is 0.631. The van der Waals surface area contributed by atoms with Crippen LogP contribution in [0.4, 0.5) is 0 Å². The van der Waals surface area contributed by atoms with E-state index in [4.69, 9.17) is 17.0 Å². The summed E-state index contributed by atoms with van der Waals surface area (Å²) in [5.41, 5.74) is 6.87. The molecule has 0 aliphatic heterocycles. The molecule has 1 aromatic rings. The van der Waals surface area contributed by atoms with Gasteiger partial charge in [0.25, 0.3) is 0 Å². The first-order chi connectivity index (χ1) is 6.74. The zero-order valence-corrected chi connectivity index (χ0v) is 7.80. The highest BCUT2D eigenvalue weighted by Crippen LogP contribution is 2.01. The van der Waals surface area contributed by atoms with Gasteiger partial charge in [0.05, 0.1) is 5.11 Å². The third kappa shape index (κ3) is 2.95. The Morgan fingerprint density at radius 3 is 2.57 bits per heavy atom. The largest absolute Gasteiger partial charge is 0.336 e. The fraction of sp³-hybridized carbons (Fsp3) is 0.222. The van der Waals surface area contributed by atoms with Crippen LogP contribution in [-0.2, 0) is 6.42 Å². The Labute approximate surface area is 82.3 Å². The third-order valence-corrected chi connectivity index (χ3v) is 1.85. The average Bonchev–Trinajstić information content (AvgIpc) is 2.19. The summed E-state index contributed by atoms with van der Waals surface area (Å²) < 4.78 is 0. The van der Waals surface area contributed by atoms with Crippen molar-refractivity contribution in [2.75, 3.05) is 0 Å². The molecule has 14 heavy (non-hydrogen) atoms. The standard InChI is InChI=1S/C9H13N5/c10-8(9(11)13-14-12)6-7-4-2-1-3-5-7/h1-5,8H,6,10H2,(H3,11,12,13)/p+1/t8-/m0/s1. The first-order valence-corrected chi connectivity index (χ1v) is 4.26. The minimum absolute atomic E-state index is 0.247. The highest BCUT2D eigenvalue weighted by atomic mass is 15.3. The molecule has 6 N–H and O–H groups in total. The zero-order chi connectivity index (χ0) is 10.4. The smallest absolute Gasteiger partial charge is 0.317 e. The molecule has 0 fully saturated rings. The highest BCUT2D eigenvalue weighted by Gasteiger charge is 2.16. The van der Waals surface area contributed by atoms with Gasteiger partial charge < -0.3 is 5.73 Å². The van der Waals surface area contributed by atoms with Gasteiger partial charge >= 0.3 is 5.84 Å². The summed E-state index contributed by atoms with van der Waals surface area (Å²) in [6, 6.07) is 9.46. The lowest BCUT2D eigenvalue weighted by molar-refractivity contribution is -0.119. The number of nitrogens with two attached hydrogens (primary N) is 3. The van der Waals surface area contributed by atoms with E-state index in [1.54, 1.807) is 0 Å². The van der Waals surface area contributed by atoms with Crippen molar-refractivity contribution in [2.45, 2.75) is 12.5 Å². The second-order valence-electron chi connectivity index (χ2n) is 2.94. The number of hydrogen-bond acceptors (Lipinski definition) is 2. The van der Waals surface area contributed by atoms with Crippen molar-refractivity contribution in [1.29, 1.82) is 0 Å². The van der Waals surface area contributed by atoms with Crippen LogP contribution < -0.4 is 17.0 Å². The van der Waals surface area contributed by atoms with Crippen molar-refractivity contribution < 1.29 is 5.41 Å². The molecule has 0 aromatic heterocycles. The van der Waals surface area contributed by atoms with Gasteiger partial charge in [-0.05, 0) is 12.0 Å². The van der Waals surface area contributed by atoms with E-state index >= 15 is 0 Å². The van der Waals surface area contributed by atoms with Gasteiger partial charge in [-0.3, -0.25) is 11.3 Å². The summed E-state index contributed by atoms with van der Waals surface area (Å²) in [4.78, 5) is 0. The molecule has 0 spiro atoms. The van der Waals surface area contributed by atoms with E-state index in [1.807, 2.05) is 30.3 Å². The first-order valence-electron chi connectivity index (χ1n) is 4.26. The summed E-state index contributed by atoms with van der Waals surface area (Å²) in [5, 5.41) is 12.1. The molecular weight excluding hydrogens is 178 g/mol. The molecule has 0 saturated heterocycles. The molecule has 1 rings (SSSR count). The van der Waals surface area contributed by atoms with E-state index < -0.39 is 0 Å². The van der Waals surface area contributed by atoms with Crippen LogP contribution in [0.25, 0.3) is 0 Å². The van der Waals surface area contributed by atoms with Gasteiger partial charge in [0, 0.05) is 5.22 Å². The lowest BCUT2D eigenvalue weighted by Crippen LogP contribution is -2.50. The molecule has 0 radical (unpaired) electrons. The molecule has 0 heterocycles. The van der Waals surface area contributed by atoms with Gasteiger partial charge in [-0.25, -0.2) is 0 Å².